The van der Waals surface area contributed by atoms with Crippen LogP contribution < -0.4 is 9.62 Å². The van der Waals surface area contributed by atoms with Crippen molar-refractivity contribution in [1.82, 2.24) is 10.2 Å². The predicted octanol–water partition coefficient (Wildman–Crippen LogP) is 5.02. The van der Waals surface area contributed by atoms with Gasteiger partial charge in [-0.1, -0.05) is 79.2 Å². The van der Waals surface area contributed by atoms with E-state index in [1.54, 1.807) is 11.0 Å². The van der Waals surface area contributed by atoms with Gasteiger partial charge in [-0.05, 0) is 55.5 Å². The van der Waals surface area contributed by atoms with E-state index in [0.29, 0.717) is 25.1 Å². The summed E-state index contributed by atoms with van der Waals surface area (Å²) in [5, 5.41) is 2.99. The maximum absolute atomic E-state index is 13.8. The molecule has 8 heteroatoms. The molecule has 0 radical (unpaired) electrons. The van der Waals surface area contributed by atoms with Gasteiger partial charge in [-0.2, -0.15) is 0 Å². The van der Waals surface area contributed by atoms with Crippen molar-refractivity contribution in [2.24, 2.45) is 0 Å². The van der Waals surface area contributed by atoms with Crippen molar-refractivity contribution in [2.75, 3.05) is 23.7 Å². The number of rotatable bonds is 14. The highest BCUT2D eigenvalue weighted by molar-refractivity contribution is 7.92. The van der Waals surface area contributed by atoms with Crippen molar-refractivity contribution in [2.45, 2.75) is 59.0 Å². The normalized spacial score (nSPS) is 12.0. The zero-order valence-electron chi connectivity index (χ0n) is 24.0. The summed E-state index contributed by atoms with van der Waals surface area (Å²) in [6.07, 6.45) is 2.77. The van der Waals surface area contributed by atoms with Gasteiger partial charge in [0.2, 0.25) is 21.8 Å². The van der Waals surface area contributed by atoms with E-state index < -0.39 is 16.1 Å². The third-order valence-corrected chi connectivity index (χ3v) is 7.89. The van der Waals surface area contributed by atoms with Crippen LogP contribution in [-0.2, 0) is 32.6 Å². The van der Waals surface area contributed by atoms with E-state index in [1.807, 2.05) is 93.6 Å². The standard InChI is InChI=1S/C32H41N3O4S/c1-5-19-33-32(37)30(23-27-14-7-6-8-15-27)34(24-28-16-9-12-25(2)21-28)31(36)18-11-20-35(40(4,38)39)29-17-10-13-26(3)22-29/h6-10,12-17,21-22,30H,5,11,18-20,23-24H2,1-4H3,(H,33,37)/t30-/m1/s1. The van der Waals surface area contributed by atoms with Gasteiger partial charge in [0.15, 0.2) is 0 Å². The van der Waals surface area contributed by atoms with Gasteiger partial charge >= 0.3 is 0 Å². The molecule has 0 saturated heterocycles. The maximum atomic E-state index is 13.8. The molecule has 0 aromatic heterocycles. The van der Waals surface area contributed by atoms with E-state index >= 15 is 0 Å². The van der Waals surface area contributed by atoms with Crippen LogP contribution in [0.25, 0.3) is 0 Å². The number of sulfonamides is 1. The molecular formula is C32H41N3O4S. The molecule has 214 valence electrons. The van der Waals surface area contributed by atoms with Crippen LogP contribution in [-0.4, -0.2) is 50.5 Å². The predicted molar refractivity (Wildman–Crippen MR) is 162 cm³/mol. The fourth-order valence-corrected chi connectivity index (χ4v) is 5.67. The molecule has 40 heavy (non-hydrogen) atoms. The van der Waals surface area contributed by atoms with Crippen LogP contribution in [0.15, 0.2) is 78.9 Å². The van der Waals surface area contributed by atoms with Gasteiger partial charge in [-0.25, -0.2) is 8.42 Å². The zero-order chi connectivity index (χ0) is 29.1. The quantitative estimate of drug-likeness (QED) is 0.299. The summed E-state index contributed by atoms with van der Waals surface area (Å²) in [6.45, 7) is 6.87. The number of carbonyl (C=O) groups excluding carboxylic acids is 2. The summed E-state index contributed by atoms with van der Waals surface area (Å²) in [4.78, 5) is 28.9. The molecule has 0 bridgehead atoms. The summed E-state index contributed by atoms with van der Waals surface area (Å²) >= 11 is 0. The molecule has 1 N–H and O–H groups in total. The molecule has 0 aliphatic carbocycles. The minimum absolute atomic E-state index is 0.107. The number of aryl methyl sites for hydroxylation is 2. The lowest BCUT2D eigenvalue weighted by molar-refractivity contribution is -0.141. The second kappa shape index (κ2) is 14.7. The average Bonchev–Trinajstić information content (AvgIpc) is 2.91. The summed E-state index contributed by atoms with van der Waals surface area (Å²) in [7, 11) is -3.54. The number of anilines is 1. The third kappa shape index (κ3) is 9.23. The molecule has 3 rings (SSSR count). The van der Waals surface area contributed by atoms with E-state index in [2.05, 4.69) is 5.32 Å². The van der Waals surface area contributed by atoms with Gasteiger partial charge in [-0.3, -0.25) is 13.9 Å². The minimum atomic E-state index is -3.54. The Labute approximate surface area is 239 Å². The van der Waals surface area contributed by atoms with Crippen molar-refractivity contribution in [3.63, 3.8) is 0 Å². The Hall–Kier alpha value is -3.65. The summed E-state index contributed by atoms with van der Waals surface area (Å²) in [5.41, 5.74) is 4.50. The molecule has 0 saturated carbocycles. The van der Waals surface area contributed by atoms with Gasteiger partial charge in [0, 0.05) is 32.5 Å². The van der Waals surface area contributed by atoms with Crippen LogP contribution in [0.5, 0.6) is 0 Å². The second-order valence-corrected chi connectivity index (χ2v) is 12.2. The van der Waals surface area contributed by atoms with Gasteiger partial charge < -0.3 is 10.2 Å². The lowest BCUT2D eigenvalue weighted by Crippen LogP contribution is -2.50. The molecule has 0 heterocycles. The Balaban J connectivity index is 1.87. The highest BCUT2D eigenvalue weighted by Gasteiger charge is 2.30. The Morgan fingerprint density at radius 3 is 2.15 bits per heavy atom. The highest BCUT2D eigenvalue weighted by Crippen LogP contribution is 2.21. The van der Waals surface area contributed by atoms with Crippen LogP contribution in [0, 0.1) is 13.8 Å². The van der Waals surface area contributed by atoms with Gasteiger partial charge in [0.1, 0.15) is 6.04 Å². The molecule has 0 aliphatic rings. The van der Waals surface area contributed by atoms with E-state index in [9.17, 15) is 18.0 Å². The van der Waals surface area contributed by atoms with E-state index in [0.717, 1.165) is 28.7 Å². The number of hydrogen-bond acceptors (Lipinski definition) is 4. The molecule has 0 spiro atoms. The van der Waals surface area contributed by atoms with Crippen LogP contribution in [0.3, 0.4) is 0 Å². The topological polar surface area (TPSA) is 86.8 Å². The van der Waals surface area contributed by atoms with Crippen molar-refractivity contribution in [1.29, 1.82) is 0 Å². The fraction of sp³-hybridized carbons (Fsp3) is 0.375. The van der Waals surface area contributed by atoms with Crippen molar-refractivity contribution in [3.8, 4) is 0 Å². The minimum Gasteiger partial charge on any atom is -0.354 e. The van der Waals surface area contributed by atoms with Gasteiger partial charge in [0.05, 0.1) is 11.9 Å². The van der Waals surface area contributed by atoms with Crippen LogP contribution in [0.4, 0.5) is 5.69 Å². The van der Waals surface area contributed by atoms with E-state index in [1.165, 1.54) is 10.6 Å². The third-order valence-electron chi connectivity index (χ3n) is 6.70. The molecule has 0 unspecified atom stereocenters. The van der Waals surface area contributed by atoms with Crippen molar-refractivity contribution >= 4 is 27.5 Å². The fourth-order valence-electron chi connectivity index (χ4n) is 4.71. The lowest BCUT2D eigenvalue weighted by Gasteiger charge is -2.32. The van der Waals surface area contributed by atoms with Crippen LogP contribution in [0.2, 0.25) is 0 Å². The summed E-state index contributed by atoms with van der Waals surface area (Å²) in [6, 6.07) is 24.2. The van der Waals surface area contributed by atoms with Crippen molar-refractivity contribution < 1.29 is 18.0 Å². The van der Waals surface area contributed by atoms with Crippen molar-refractivity contribution in [3.05, 3.63) is 101 Å². The monoisotopic (exact) mass is 563 g/mol. The SMILES string of the molecule is CCCNC(=O)[C@@H](Cc1ccccc1)N(Cc1cccc(C)c1)C(=O)CCCN(c1cccc(C)c1)S(C)(=O)=O. The smallest absolute Gasteiger partial charge is 0.243 e. The Morgan fingerprint density at radius 2 is 1.52 bits per heavy atom. The van der Waals surface area contributed by atoms with E-state index in [4.69, 9.17) is 0 Å². The first kappa shape index (κ1) is 30.9. The van der Waals surface area contributed by atoms with Crippen LogP contribution >= 0.6 is 0 Å². The number of benzene rings is 3. The largest absolute Gasteiger partial charge is 0.354 e. The lowest BCUT2D eigenvalue weighted by atomic mass is 10.0. The average molecular weight is 564 g/mol. The van der Waals surface area contributed by atoms with Gasteiger partial charge in [-0.15, -0.1) is 0 Å². The Kier molecular flexibility index (Phi) is 11.3. The molecule has 3 aromatic carbocycles. The zero-order valence-corrected chi connectivity index (χ0v) is 24.8. The number of amides is 2. The first-order chi connectivity index (χ1) is 19.1. The molecule has 3 aromatic rings. The van der Waals surface area contributed by atoms with Gasteiger partial charge in [0.25, 0.3) is 0 Å². The molecular weight excluding hydrogens is 522 g/mol. The first-order valence-electron chi connectivity index (χ1n) is 13.8. The highest BCUT2D eigenvalue weighted by atomic mass is 32.2. The Bertz CT molecular complexity index is 1380. The first-order valence-corrected chi connectivity index (χ1v) is 15.6. The molecule has 1 atom stereocenters. The summed E-state index contributed by atoms with van der Waals surface area (Å²) in [5.74, 6) is -0.379. The maximum Gasteiger partial charge on any atom is 0.243 e. The number of nitrogens with zero attached hydrogens (tertiary/aromatic N) is 2. The molecule has 0 fully saturated rings. The number of hydrogen-bond donors (Lipinski definition) is 1. The number of nitrogens with one attached hydrogen (secondary N) is 1. The molecule has 0 aliphatic heterocycles. The molecule has 2 amide bonds. The van der Waals surface area contributed by atoms with Crippen LogP contribution in [0.1, 0.15) is 48.4 Å². The summed E-state index contributed by atoms with van der Waals surface area (Å²) < 4.78 is 26.6. The molecule has 7 nitrogen and oxygen atoms in total. The number of carbonyl (C=O) groups is 2. The second-order valence-electron chi connectivity index (χ2n) is 10.3. The van der Waals surface area contributed by atoms with E-state index in [-0.39, 0.29) is 31.3 Å². The Morgan fingerprint density at radius 1 is 0.875 bits per heavy atom.